The van der Waals surface area contributed by atoms with Gasteiger partial charge in [-0.05, 0) is 96.0 Å². The molecule has 9 aromatic carbocycles. The molecule has 1 nitrogen and oxygen atoms in total. The number of hydrogen-bond acceptors (Lipinski definition) is 1. The molecule has 0 spiro atoms. The first-order chi connectivity index (χ1) is 22.3. The summed E-state index contributed by atoms with van der Waals surface area (Å²) in [4.78, 5) is 2.42. The third kappa shape index (κ3) is 4.32. The molecular weight excluding hydrogens is 542 g/mol. The number of nitrogens with zero attached hydrogens (tertiary/aromatic N) is 1. The SMILES string of the molecule is c1cc(-c2ccc3ccccc3c2)cc(N(c2ccc3ccccc3c2)c2cccc3c2ccc2c4ccccc4ccc32)c1. The topological polar surface area (TPSA) is 3.24 Å². The Bertz CT molecular complexity index is 2560. The van der Waals surface area contributed by atoms with E-state index in [1.807, 2.05) is 0 Å². The van der Waals surface area contributed by atoms with Crippen molar-refractivity contribution < 1.29 is 0 Å². The first kappa shape index (κ1) is 25.6. The number of hydrogen-bond donors (Lipinski definition) is 0. The van der Waals surface area contributed by atoms with E-state index in [-0.39, 0.29) is 0 Å². The number of benzene rings is 9. The predicted molar refractivity (Wildman–Crippen MR) is 194 cm³/mol. The van der Waals surface area contributed by atoms with E-state index in [0.29, 0.717) is 0 Å². The third-order valence-corrected chi connectivity index (χ3v) is 9.18. The molecule has 0 aliphatic rings. The Labute approximate surface area is 262 Å². The lowest BCUT2D eigenvalue weighted by atomic mass is 9.95. The van der Waals surface area contributed by atoms with Crippen molar-refractivity contribution in [2.75, 3.05) is 4.90 Å². The van der Waals surface area contributed by atoms with Gasteiger partial charge < -0.3 is 4.90 Å². The molecule has 0 heterocycles. The van der Waals surface area contributed by atoms with E-state index >= 15 is 0 Å². The van der Waals surface area contributed by atoms with Crippen LogP contribution in [0.1, 0.15) is 0 Å². The van der Waals surface area contributed by atoms with Gasteiger partial charge in [0.05, 0.1) is 5.69 Å². The number of rotatable bonds is 4. The van der Waals surface area contributed by atoms with Crippen molar-refractivity contribution in [3.8, 4) is 11.1 Å². The summed E-state index contributed by atoms with van der Waals surface area (Å²) in [6.45, 7) is 0. The maximum absolute atomic E-state index is 2.42. The highest BCUT2D eigenvalue weighted by atomic mass is 15.1. The largest absolute Gasteiger partial charge is 0.310 e. The summed E-state index contributed by atoms with van der Waals surface area (Å²) in [5.41, 5.74) is 5.83. The first-order valence-electron chi connectivity index (χ1n) is 15.5. The molecule has 0 aliphatic heterocycles. The van der Waals surface area contributed by atoms with Crippen LogP contribution in [0.2, 0.25) is 0 Å². The quantitative estimate of drug-likeness (QED) is 0.190. The minimum absolute atomic E-state index is 1.13. The lowest BCUT2D eigenvalue weighted by Gasteiger charge is -2.28. The molecule has 0 atom stereocenters. The number of anilines is 3. The van der Waals surface area contributed by atoms with Crippen molar-refractivity contribution in [3.05, 3.63) is 176 Å². The normalized spacial score (nSPS) is 11.6. The minimum atomic E-state index is 1.13. The molecule has 1 heteroatoms. The molecular formula is C44H29N. The summed E-state index contributed by atoms with van der Waals surface area (Å²) < 4.78 is 0. The standard InChI is InChI=1S/C44H29N/c1-3-12-33-27-36(20-19-30(33)9-1)35-14-7-15-37(29-35)45(38-23-21-31-10-2-4-13-34(31)28-38)44-18-8-17-40-42-24-22-32-11-5-6-16-39(32)41(42)25-26-43(40)44/h1-29H. The van der Waals surface area contributed by atoms with Gasteiger partial charge in [-0.1, -0.05) is 140 Å². The predicted octanol–water partition coefficient (Wildman–Crippen LogP) is 12.6. The van der Waals surface area contributed by atoms with E-state index < -0.39 is 0 Å². The smallest absolute Gasteiger partial charge is 0.0540 e. The molecule has 0 bridgehead atoms. The van der Waals surface area contributed by atoms with Crippen LogP contribution in [-0.2, 0) is 0 Å². The molecule has 0 radical (unpaired) electrons. The van der Waals surface area contributed by atoms with Crippen LogP contribution in [0.25, 0.3) is 65.0 Å². The fourth-order valence-electron chi connectivity index (χ4n) is 6.97. The van der Waals surface area contributed by atoms with Gasteiger partial charge in [-0.2, -0.15) is 0 Å². The second kappa shape index (κ2) is 10.4. The molecule has 0 aliphatic carbocycles. The summed E-state index contributed by atoms with van der Waals surface area (Å²) in [6.07, 6.45) is 0. The summed E-state index contributed by atoms with van der Waals surface area (Å²) >= 11 is 0. The average Bonchev–Trinajstić information content (AvgIpc) is 3.11. The molecule has 9 rings (SSSR count). The van der Waals surface area contributed by atoms with Crippen molar-refractivity contribution in [3.63, 3.8) is 0 Å². The van der Waals surface area contributed by atoms with Gasteiger partial charge in [0.15, 0.2) is 0 Å². The Kier molecular flexibility index (Phi) is 5.89. The second-order valence-corrected chi connectivity index (χ2v) is 11.8. The van der Waals surface area contributed by atoms with Crippen LogP contribution in [-0.4, -0.2) is 0 Å². The highest BCUT2D eigenvalue weighted by Crippen LogP contribution is 2.43. The van der Waals surface area contributed by atoms with Crippen LogP contribution in [0.4, 0.5) is 17.1 Å². The van der Waals surface area contributed by atoms with Gasteiger partial charge in [0.2, 0.25) is 0 Å². The summed E-state index contributed by atoms with van der Waals surface area (Å²) in [5, 5.41) is 12.6. The first-order valence-corrected chi connectivity index (χ1v) is 15.5. The van der Waals surface area contributed by atoms with E-state index in [4.69, 9.17) is 0 Å². The van der Waals surface area contributed by atoms with Crippen LogP contribution in [0.15, 0.2) is 176 Å². The molecule has 0 saturated carbocycles. The fourth-order valence-corrected chi connectivity index (χ4v) is 6.97. The van der Waals surface area contributed by atoms with Crippen LogP contribution >= 0.6 is 0 Å². The van der Waals surface area contributed by atoms with Crippen LogP contribution in [0.5, 0.6) is 0 Å². The molecule has 0 N–H and O–H groups in total. The molecule has 0 unspecified atom stereocenters. The lowest BCUT2D eigenvalue weighted by Crippen LogP contribution is -2.10. The summed E-state index contributed by atoms with van der Waals surface area (Å²) in [7, 11) is 0. The van der Waals surface area contributed by atoms with Crippen LogP contribution in [0, 0.1) is 0 Å². The Morgan fingerprint density at radius 1 is 0.267 bits per heavy atom. The molecule has 210 valence electrons. The van der Waals surface area contributed by atoms with Gasteiger partial charge in [-0.3, -0.25) is 0 Å². The van der Waals surface area contributed by atoms with Crippen molar-refractivity contribution >= 4 is 70.9 Å². The summed E-state index contributed by atoms with van der Waals surface area (Å²) in [5.74, 6) is 0. The Hall–Kier alpha value is -5.92. The van der Waals surface area contributed by atoms with Crippen LogP contribution in [0.3, 0.4) is 0 Å². The summed E-state index contributed by atoms with van der Waals surface area (Å²) in [6, 6.07) is 64.2. The highest BCUT2D eigenvalue weighted by Gasteiger charge is 2.18. The molecule has 0 fully saturated rings. The van der Waals surface area contributed by atoms with Gasteiger partial charge >= 0.3 is 0 Å². The van der Waals surface area contributed by atoms with Gasteiger partial charge in [-0.25, -0.2) is 0 Å². The minimum Gasteiger partial charge on any atom is -0.310 e. The highest BCUT2D eigenvalue weighted by molar-refractivity contribution is 6.19. The molecule has 0 amide bonds. The lowest BCUT2D eigenvalue weighted by molar-refractivity contribution is 1.30. The van der Waals surface area contributed by atoms with Crippen molar-refractivity contribution in [1.82, 2.24) is 0 Å². The maximum Gasteiger partial charge on any atom is 0.0540 e. The van der Waals surface area contributed by atoms with E-state index in [9.17, 15) is 0 Å². The van der Waals surface area contributed by atoms with E-state index in [2.05, 4.69) is 181 Å². The van der Waals surface area contributed by atoms with Crippen LogP contribution < -0.4 is 4.90 Å². The zero-order chi connectivity index (χ0) is 29.7. The van der Waals surface area contributed by atoms with Crippen molar-refractivity contribution in [2.45, 2.75) is 0 Å². The second-order valence-electron chi connectivity index (χ2n) is 11.8. The Morgan fingerprint density at radius 3 is 1.64 bits per heavy atom. The van der Waals surface area contributed by atoms with Gasteiger partial charge in [0, 0.05) is 16.8 Å². The third-order valence-electron chi connectivity index (χ3n) is 9.18. The molecule has 9 aromatic rings. The van der Waals surface area contributed by atoms with Gasteiger partial charge in [0.1, 0.15) is 0 Å². The van der Waals surface area contributed by atoms with Gasteiger partial charge in [0.25, 0.3) is 0 Å². The Morgan fingerprint density at radius 2 is 0.800 bits per heavy atom. The zero-order valence-corrected chi connectivity index (χ0v) is 24.7. The van der Waals surface area contributed by atoms with Gasteiger partial charge in [-0.15, -0.1) is 0 Å². The average molecular weight is 572 g/mol. The molecule has 0 aromatic heterocycles. The van der Waals surface area contributed by atoms with E-state index in [0.717, 1.165) is 17.1 Å². The molecule has 0 saturated heterocycles. The van der Waals surface area contributed by atoms with E-state index in [1.54, 1.807) is 0 Å². The monoisotopic (exact) mass is 571 g/mol. The molecule has 45 heavy (non-hydrogen) atoms. The van der Waals surface area contributed by atoms with Crippen molar-refractivity contribution in [2.24, 2.45) is 0 Å². The maximum atomic E-state index is 2.42. The number of fused-ring (bicyclic) bond motifs is 7. The fraction of sp³-hybridized carbons (Fsp3) is 0. The zero-order valence-electron chi connectivity index (χ0n) is 24.7. The Balaban J connectivity index is 1.28. The van der Waals surface area contributed by atoms with Crippen molar-refractivity contribution in [1.29, 1.82) is 0 Å². The van der Waals surface area contributed by atoms with E-state index in [1.165, 1.54) is 65.0 Å².